The van der Waals surface area contributed by atoms with E-state index >= 15 is 0 Å². The number of hydrogen-bond acceptors (Lipinski definition) is 4. The number of esters is 1. The first-order valence-electron chi connectivity index (χ1n) is 9.98. The van der Waals surface area contributed by atoms with E-state index in [-0.39, 0.29) is 5.97 Å². The van der Waals surface area contributed by atoms with Crippen LogP contribution in [0.15, 0.2) is 60.8 Å². The quantitative estimate of drug-likeness (QED) is 0.427. The Morgan fingerprint density at radius 2 is 2.07 bits per heavy atom. The van der Waals surface area contributed by atoms with Crippen molar-refractivity contribution < 1.29 is 9.53 Å². The molecule has 4 rings (SSSR count). The molecule has 0 fully saturated rings. The number of fused-ring (bicyclic) bond motifs is 1. The first kappa shape index (κ1) is 19.8. The van der Waals surface area contributed by atoms with Crippen molar-refractivity contribution in [1.82, 2.24) is 10.3 Å². The molecule has 3 aromatic rings. The summed E-state index contributed by atoms with van der Waals surface area (Å²) in [7, 11) is 1.41. The molecule has 0 saturated heterocycles. The summed E-state index contributed by atoms with van der Waals surface area (Å²) in [5, 5.41) is 4.72. The average molecular weight is 407 g/mol. The topological polar surface area (TPSA) is 54.1 Å². The Bertz CT molecular complexity index is 1010. The third-order valence-corrected chi connectivity index (χ3v) is 6.46. The van der Waals surface area contributed by atoms with Crippen molar-refractivity contribution in [2.24, 2.45) is 0 Å². The van der Waals surface area contributed by atoms with Gasteiger partial charge in [0.2, 0.25) is 0 Å². The molecule has 150 valence electrons. The predicted molar refractivity (Wildman–Crippen MR) is 121 cm³/mol. The van der Waals surface area contributed by atoms with Crippen LogP contribution in [-0.4, -0.2) is 36.4 Å². The van der Waals surface area contributed by atoms with Gasteiger partial charge in [0, 0.05) is 35.4 Å². The standard InChI is InChI=1S/C24H26N2O2S/c1-28-24(27)19-7-8-23-22(14-19)20(15-26-23)16-29-12-10-21-13-18(9-11-25-21)17-5-3-2-4-6-17/h2-9,14-15,21,25-26H,10-13,16H2,1H3. The lowest BCUT2D eigenvalue weighted by atomic mass is 9.94. The molecular weight excluding hydrogens is 380 g/mol. The van der Waals surface area contributed by atoms with Crippen molar-refractivity contribution in [1.29, 1.82) is 0 Å². The van der Waals surface area contributed by atoms with Crippen LogP contribution in [0.4, 0.5) is 0 Å². The Kier molecular flexibility index (Phi) is 6.37. The van der Waals surface area contributed by atoms with Crippen molar-refractivity contribution in [2.45, 2.75) is 24.6 Å². The van der Waals surface area contributed by atoms with Gasteiger partial charge in [-0.1, -0.05) is 36.4 Å². The minimum Gasteiger partial charge on any atom is -0.465 e. The summed E-state index contributed by atoms with van der Waals surface area (Å²) >= 11 is 1.94. The number of thioether (sulfide) groups is 1. The molecule has 2 heterocycles. The van der Waals surface area contributed by atoms with Gasteiger partial charge in [0.15, 0.2) is 0 Å². The fourth-order valence-electron chi connectivity index (χ4n) is 3.81. The normalized spacial score (nSPS) is 16.6. The van der Waals surface area contributed by atoms with Gasteiger partial charge in [-0.15, -0.1) is 0 Å². The van der Waals surface area contributed by atoms with Gasteiger partial charge >= 0.3 is 5.97 Å². The van der Waals surface area contributed by atoms with E-state index in [1.165, 1.54) is 23.8 Å². The minimum atomic E-state index is -0.294. The second kappa shape index (κ2) is 9.33. The molecule has 2 aromatic carbocycles. The van der Waals surface area contributed by atoms with Gasteiger partial charge in [-0.3, -0.25) is 0 Å². The molecule has 0 amide bonds. The smallest absolute Gasteiger partial charge is 0.337 e. The van der Waals surface area contributed by atoms with E-state index in [1.54, 1.807) is 6.07 Å². The molecule has 1 aliphatic heterocycles. The molecule has 1 unspecified atom stereocenters. The number of ether oxygens (including phenoxy) is 1. The molecule has 29 heavy (non-hydrogen) atoms. The number of carbonyl (C=O) groups excluding carboxylic acids is 1. The Morgan fingerprint density at radius 1 is 1.21 bits per heavy atom. The minimum absolute atomic E-state index is 0.294. The zero-order valence-corrected chi connectivity index (χ0v) is 17.4. The fraction of sp³-hybridized carbons (Fsp3) is 0.292. The lowest BCUT2D eigenvalue weighted by molar-refractivity contribution is 0.0601. The van der Waals surface area contributed by atoms with Crippen LogP contribution < -0.4 is 5.32 Å². The van der Waals surface area contributed by atoms with Gasteiger partial charge < -0.3 is 15.0 Å². The van der Waals surface area contributed by atoms with E-state index in [9.17, 15) is 4.79 Å². The number of aromatic amines is 1. The van der Waals surface area contributed by atoms with Crippen molar-refractivity contribution >= 4 is 34.2 Å². The summed E-state index contributed by atoms with van der Waals surface area (Å²) in [5.74, 6) is 1.74. The van der Waals surface area contributed by atoms with E-state index in [0.29, 0.717) is 11.6 Å². The lowest BCUT2D eigenvalue weighted by Gasteiger charge is -2.24. The number of carbonyl (C=O) groups is 1. The molecular formula is C24H26N2O2S. The Balaban J connectivity index is 1.31. The van der Waals surface area contributed by atoms with Crippen LogP contribution in [0.3, 0.4) is 0 Å². The molecule has 0 radical (unpaired) electrons. The van der Waals surface area contributed by atoms with Gasteiger partial charge in [0.25, 0.3) is 0 Å². The highest BCUT2D eigenvalue weighted by molar-refractivity contribution is 7.98. The highest BCUT2D eigenvalue weighted by atomic mass is 32.2. The Morgan fingerprint density at radius 3 is 2.90 bits per heavy atom. The van der Waals surface area contributed by atoms with Crippen LogP contribution in [0, 0.1) is 0 Å². The summed E-state index contributed by atoms with van der Waals surface area (Å²) in [6.45, 7) is 0.943. The van der Waals surface area contributed by atoms with Gasteiger partial charge in [-0.2, -0.15) is 11.8 Å². The maximum absolute atomic E-state index is 11.8. The summed E-state index contributed by atoms with van der Waals surface area (Å²) in [4.78, 5) is 15.1. The Hall–Kier alpha value is -2.50. The molecule has 1 atom stereocenters. The molecule has 2 N–H and O–H groups in total. The second-order valence-corrected chi connectivity index (χ2v) is 8.42. The van der Waals surface area contributed by atoms with Gasteiger partial charge in [0.1, 0.15) is 0 Å². The fourth-order valence-corrected chi connectivity index (χ4v) is 4.87. The molecule has 0 spiro atoms. The third-order valence-electron chi connectivity index (χ3n) is 5.42. The highest BCUT2D eigenvalue weighted by Crippen LogP contribution is 2.27. The van der Waals surface area contributed by atoms with Crippen LogP contribution in [0.1, 0.15) is 34.3 Å². The van der Waals surface area contributed by atoms with Crippen molar-refractivity contribution in [2.75, 3.05) is 19.4 Å². The van der Waals surface area contributed by atoms with Gasteiger partial charge in [-0.05, 0) is 53.5 Å². The molecule has 4 nitrogen and oxygen atoms in total. The maximum Gasteiger partial charge on any atom is 0.337 e. The maximum atomic E-state index is 11.8. The van der Waals surface area contributed by atoms with E-state index in [0.717, 1.165) is 41.8 Å². The number of nitrogens with one attached hydrogen (secondary N) is 2. The number of methoxy groups -OCH3 is 1. The predicted octanol–water partition coefficient (Wildman–Crippen LogP) is 5.02. The summed E-state index contributed by atoms with van der Waals surface area (Å²) in [6, 6.07) is 16.9. The molecule has 1 aliphatic rings. The van der Waals surface area contributed by atoms with E-state index in [2.05, 4.69) is 46.7 Å². The summed E-state index contributed by atoms with van der Waals surface area (Å²) in [6.07, 6.45) is 6.59. The van der Waals surface area contributed by atoms with Crippen molar-refractivity contribution in [3.05, 3.63) is 77.5 Å². The van der Waals surface area contributed by atoms with Crippen LogP contribution >= 0.6 is 11.8 Å². The SMILES string of the molecule is COC(=O)c1ccc2[nH]cc(CSCCC3CC(c4ccccc4)=CCN3)c2c1. The number of rotatable bonds is 7. The monoisotopic (exact) mass is 406 g/mol. The van der Waals surface area contributed by atoms with Gasteiger partial charge in [0.05, 0.1) is 12.7 Å². The zero-order valence-electron chi connectivity index (χ0n) is 16.6. The van der Waals surface area contributed by atoms with Crippen LogP contribution in [0.5, 0.6) is 0 Å². The van der Waals surface area contributed by atoms with E-state index < -0.39 is 0 Å². The molecule has 1 aromatic heterocycles. The Labute approximate surface area is 175 Å². The number of aromatic nitrogens is 1. The van der Waals surface area contributed by atoms with Crippen LogP contribution in [0.2, 0.25) is 0 Å². The molecule has 0 aliphatic carbocycles. The van der Waals surface area contributed by atoms with Crippen LogP contribution in [0.25, 0.3) is 16.5 Å². The second-order valence-electron chi connectivity index (χ2n) is 7.31. The number of hydrogen-bond donors (Lipinski definition) is 2. The first-order chi connectivity index (χ1) is 14.2. The summed E-state index contributed by atoms with van der Waals surface area (Å²) < 4.78 is 4.84. The zero-order chi connectivity index (χ0) is 20.1. The van der Waals surface area contributed by atoms with E-state index in [4.69, 9.17) is 4.74 Å². The first-order valence-corrected chi connectivity index (χ1v) is 11.1. The molecule has 0 bridgehead atoms. The highest BCUT2D eigenvalue weighted by Gasteiger charge is 2.16. The average Bonchev–Trinajstić information content (AvgIpc) is 3.19. The summed E-state index contributed by atoms with van der Waals surface area (Å²) in [5.41, 5.74) is 5.67. The molecule has 5 heteroatoms. The van der Waals surface area contributed by atoms with Crippen molar-refractivity contribution in [3.63, 3.8) is 0 Å². The number of H-pyrrole nitrogens is 1. The van der Waals surface area contributed by atoms with E-state index in [1.807, 2.05) is 30.1 Å². The largest absolute Gasteiger partial charge is 0.465 e. The molecule has 0 saturated carbocycles. The lowest BCUT2D eigenvalue weighted by Crippen LogP contribution is -2.33. The van der Waals surface area contributed by atoms with Crippen LogP contribution in [-0.2, 0) is 10.5 Å². The number of benzene rings is 2. The van der Waals surface area contributed by atoms with Gasteiger partial charge in [-0.25, -0.2) is 4.79 Å². The van der Waals surface area contributed by atoms with Crippen molar-refractivity contribution in [3.8, 4) is 0 Å². The third kappa shape index (κ3) is 4.74.